The third-order valence-electron chi connectivity index (χ3n) is 4.34. The van der Waals surface area contributed by atoms with E-state index in [0.717, 1.165) is 24.0 Å². The van der Waals surface area contributed by atoms with Gasteiger partial charge in [-0.15, -0.1) is 0 Å². The average Bonchev–Trinajstić information content (AvgIpc) is 2.58. The summed E-state index contributed by atoms with van der Waals surface area (Å²) in [6.07, 6.45) is 1.79. The van der Waals surface area contributed by atoms with E-state index in [1.807, 2.05) is 33.8 Å². The molecule has 2 aromatic carbocycles. The largest absolute Gasteiger partial charge is 0.350 e. The first kappa shape index (κ1) is 21.3. The summed E-state index contributed by atoms with van der Waals surface area (Å²) in [5.74, 6) is -0.324. The molecule has 0 aromatic heterocycles. The van der Waals surface area contributed by atoms with Crippen molar-refractivity contribution in [3.63, 3.8) is 0 Å². The molecule has 2 rings (SSSR count). The van der Waals surface area contributed by atoms with Gasteiger partial charge in [-0.1, -0.05) is 31.0 Å². The number of nitrogens with one attached hydrogen (secondary N) is 2. The molecule has 0 fully saturated rings. The Morgan fingerprint density at radius 2 is 1.81 bits per heavy atom. The minimum Gasteiger partial charge on any atom is -0.350 e. The van der Waals surface area contributed by atoms with Gasteiger partial charge in [0.1, 0.15) is 4.90 Å². The maximum absolute atomic E-state index is 12.8. The Bertz CT molecular complexity index is 942. The fraction of sp³-hybridized carbons (Fsp3) is 0.350. The predicted molar refractivity (Wildman–Crippen MR) is 110 cm³/mol. The molecule has 0 aliphatic carbocycles. The van der Waals surface area contributed by atoms with Crippen molar-refractivity contribution in [2.45, 2.75) is 51.5 Å². The smallest absolute Gasteiger partial charge is 0.263 e. The van der Waals surface area contributed by atoms with Crippen molar-refractivity contribution in [2.75, 3.05) is 4.72 Å². The molecular weight excluding hydrogens is 384 g/mol. The van der Waals surface area contributed by atoms with Crippen molar-refractivity contribution < 1.29 is 13.2 Å². The average molecular weight is 409 g/mol. The van der Waals surface area contributed by atoms with Crippen LogP contribution in [0.2, 0.25) is 5.02 Å². The number of halogens is 1. The Hall–Kier alpha value is -2.05. The molecule has 27 heavy (non-hydrogen) atoms. The zero-order valence-corrected chi connectivity index (χ0v) is 17.5. The topological polar surface area (TPSA) is 75.3 Å². The fourth-order valence-corrected chi connectivity index (χ4v) is 4.25. The SMILES string of the molecule is CCC[C@@H](C)NC(=O)c1ccc(Cl)c(S(=O)(=O)Nc2ccc(C)c(C)c2)c1. The molecule has 5 nitrogen and oxygen atoms in total. The summed E-state index contributed by atoms with van der Waals surface area (Å²) >= 11 is 6.11. The lowest BCUT2D eigenvalue weighted by molar-refractivity contribution is 0.0938. The maximum Gasteiger partial charge on any atom is 0.263 e. The molecular formula is C20H25ClN2O3S. The van der Waals surface area contributed by atoms with E-state index >= 15 is 0 Å². The van der Waals surface area contributed by atoms with Gasteiger partial charge in [0.2, 0.25) is 0 Å². The van der Waals surface area contributed by atoms with E-state index in [4.69, 9.17) is 11.6 Å². The van der Waals surface area contributed by atoms with Crippen LogP contribution in [0.25, 0.3) is 0 Å². The quantitative estimate of drug-likeness (QED) is 0.698. The minimum absolute atomic E-state index is 0.00638. The van der Waals surface area contributed by atoms with Crippen molar-refractivity contribution in [3.8, 4) is 0 Å². The number of hydrogen-bond donors (Lipinski definition) is 2. The van der Waals surface area contributed by atoms with E-state index in [0.29, 0.717) is 5.69 Å². The summed E-state index contributed by atoms with van der Waals surface area (Å²) in [5.41, 5.74) is 2.73. The molecule has 146 valence electrons. The fourth-order valence-electron chi connectivity index (χ4n) is 2.68. The van der Waals surface area contributed by atoms with Crippen LogP contribution in [0.1, 0.15) is 48.2 Å². The zero-order valence-electron chi connectivity index (χ0n) is 16.0. The van der Waals surface area contributed by atoms with Crippen LogP contribution in [0.15, 0.2) is 41.3 Å². The predicted octanol–water partition coefficient (Wildman–Crippen LogP) is 4.68. The van der Waals surface area contributed by atoms with E-state index in [9.17, 15) is 13.2 Å². The van der Waals surface area contributed by atoms with E-state index in [-0.39, 0.29) is 27.4 Å². The number of amides is 1. The molecule has 0 aliphatic heterocycles. The van der Waals surface area contributed by atoms with E-state index in [2.05, 4.69) is 10.0 Å². The standard InChI is InChI=1S/C20H25ClN2O3S/c1-5-6-15(4)22-20(24)16-8-10-18(21)19(12-16)27(25,26)23-17-9-7-13(2)14(3)11-17/h7-12,15,23H,5-6H2,1-4H3,(H,22,24)/t15-/m1/s1. The third-order valence-corrected chi connectivity index (χ3v) is 6.20. The van der Waals surface area contributed by atoms with Crippen LogP contribution in [-0.2, 0) is 10.0 Å². The van der Waals surface area contributed by atoms with Crippen LogP contribution in [0.4, 0.5) is 5.69 Å². The Balaban J connectivity index is 2.30. The molecule has 1 amide bonds. The van der Waals surface area contributed by atoms with Gasteiger partial charge in [0.15, 0.2) is 0 Å². The van der Waals surface area contributed by atoms with Crippen molar-refractivity contribution >= 4 is 33.2 Å². The molecule has 0 heterocycles. The van der Waals surface area contributed by atoms with E-state index < -0.39 is 10.0 Å². The summed E-state index contributed by atoms with van der Waals surface area (Å²) < 4.78 is 28.1. The van der Waals surface area contributed by atoms with Crippen LogP contribution in [-0.4, -0.2) is 20.4 Å². The van der Waals surface area contributed by atoms with E-state index in [1.54, 1.807) is 12.1 Å². The Labute approximate surface area is 166 Å². The van der Waals surface area contributed by atoms with Crippen molar-refractivity contribution in [1.82, 2.24) is 5.32 Å². The number of aryl methyl sites for hydroxylation is 2. The van der Waals surface area contributed by atoms with Gasteiger partial charge in [0.25, 0.3) is 15.9 Å². The van der Waals surface area contributed by atoms with Crippen LogP contribution >= 0.6 is 11.6 Å². The maximum atomic E-state index is 12.8. The molecule has 0 bridgehead atoms. The number of sulfonamides is 1. The van der Waals surface area contributed by atoms with E-state index in [1.165, 1.54) is 18.2 Å². The van der Waals surface area contributed by atoms with Gasteiger partial charge in [-0.2, -0.15) is 0 Å². The molecule has 7 heteroatoms. The summed E-state index contributed by atoms with van der Waals surface area (Å²) in [6, 6.07) is 9.54. The van der Waals surface area contributed by atoms with Crippen molar-refractivity contribution in [3.05, 3.63) is 58.1 Å². The summed E-state index contributed by atoms with van der Waals surface area (Å²) in [5, 5.41) is 2.92. The lowest BCUT2D eigenvalue weighted by Gasteiger charge is -2.14. The molecule has 1 atom stereocenters. The summed E-state index contributed by atoms with van der Waals surface area (Å²) in [7, 11) is -3.93. The minimum atomic E-state index is -3.93. The molecule has 0 aliphatic rings. The molecule has 0 radical (unpaired) electrons. The second kappa shape index (κ2) is 8.76. The van der Waals surface area contributed by atoms with Crippen molar-refractivity contribution in [2.24, 2.45) is 0 Å². The summed E-state index contributed by atoms with van der Waals surface area (Å²) in [6.45, 7) is 7.80. The normalized spacial score (nSPS) is 12.5. The molecule has 0 spiro atoms. The van der Waals surface area contributed by atoms with Gasteiger partial charge in [0.05, 0.1) is 5.02 Å². The highest BCUT2D eigenvalue weighted by Crippen LogP contribution is 2.26. The number of rotatable bonds is 7. The van der Waals surface area contributed by atoms with Gasteiger partial charge < -0.3 is 5.32 Å². The lowest BCUT2D eigenvalue weighted by atomic mass is 10.1. The number of benzene rings is 2. The lowest BCUT2D eigenvalue weighted by Crippen LogP contribution is -2.32. The van der Waals surface area contributed by atoms with Gasteiger partial charge in [-0.3, -0.25) is 9.52 Å². The number of carbonyl (C=O) groups is 1. The summed E-state index contributed by atoms with van der Waals surface area (Å²) in [4.78, 5) is 12.3. The molecule has 2 aromatic rings. The first-order chi connectivity index (χ1) is 12.6. The Morgan fingerprint density at radius 1 is 1.11 bits per heavy atom. The Kier molecular flexibility index (Phi) is 6.89. The van der Waals surface area contributed by atoms with Crippen LogP contribution in [0.5, 0.6) is 0 Å². The second-order valence-electron chi connectivity index (χ2n) is 6.71. The first-order valence-electron chi connectivity index (χ1n) is 8.84. The van der Waals surface area contributed by atoms with Gasteiger partial charge in [-0.05, 0) is 68.7 Å². The molecule has 0 unspecified atom stereocenters. The Morgan fingerprint density at radius 3 is 2.44 bits per heavy atom. The number of anilines is 1. The van der Waals surface area contributed by atoms with Crippen LogP contribution < -0.4 is 10.0 Å². The van der Waals surface area contributed by atoms with Crippen LogP contribution in [0, 0.1) is 13.8 Å². The monoisotopic (exact) mass is 408 g/mol. The number of carbonyl (C=O) groups excluding carboxylic acids is 1. The van der Waals surface area contributed by atoms with Gasteiger partial charge in [0, 0.05) is 17.3 Å². The molecule has 0 saturated heterocycles. The highest BCUT2D eigenvalue weighted by molar-refractivity contribution is 7.92. The van der Waals surface area contributed by atoms with Gasteiger partial charge in [-0.25, -0.2) is 8.42 Å². The number of hydrogen-bond acceptors (Lipinski definition) is 3. The van der Waals surface area contributed by atoms with Gasteiger partial charge >= 0.3 is 0 Å². The molecule has 2 N–H and O–H groups in total. The third kappa shape index (κ3) is 5.47. The zero-order chi connectivity index (χ0) is 20.2. The second-order valence-corrected chi connectivity index (χ2v) is 8.77. The first-order valence-corrected chi connectivity index (χ1v) is 10.7. The molecule has 0 saturated carbocycles. The highest BCUT2D eigenvalue weighted by Gasteiger charge is 2.21. The van der Waals surface area contributed by atoms with Crippen molar-refractivity contribution in [1.29, 1.82) is 0 Å². The highest BCUT2D eigenvalue weighted by atomic mass is 35.5. The van der Waals surface area contributed by atoms with Crippen LogP contribution in [0.3, 0.4) is 0 Å².